The van der Waals surface area contributed by atoms with Crippen molar-refractivity contribution < 1.29 is 9.53 Å². The van der Waals surface area contributed by atoms with Gasteiger partial charge in [-0.15, -0.1) is 0 Å². The maximum atomic E-state index is 10.8. The minimum Gasteiger partial charge on any atom is -0.461 e. The summed E-state index contributed by atoms with van der Waals surface area (Å²) in [7, 11) is 0. The Bertz CT molecular complexity index is 237. The minimum absolute atomic E-state index is 0.150. The molecule has 0 unspecified atom stereocenters. The van der Waals surface area contributed by atoms with Gasteiger partial charge in [-0.2, -0.15) is 0 Å². The molecule has 0 N–H and O–H groups in total. The molecule has 0 saturated heterocycles. The monoisotopic (exact) mass is 210 g/mol. The number of rotatable bonds is 6. The van der Waals surface area contributed by atoms with Crippen molar-refractivity contribution in [2.24, 2.45) is 5.92 Å². The molecule has 15 heavy (non-hydrogen) atoms. The summed E-state index contributed by atoms with van der Waals surface area (Å²) >= 11 is 0. The van der Waals surface area contributed by atoms with Crippen LogP contribution in [-0.2, 0) is 9.53 Å². The molecular formula is C13H22O2. The minimum atomic E-state index is -0.150. The Hall–Kier alpha value is -1.05. The summed E-state index contributed by atoms with van der Waals surface area (Å²) < 4.78 is 4.91. The Morgan fingerprint density at radius 1 is 1.40 bits per heavy atom. The van der Waals surface area contributed by atoms with Crippen LogP contribution in [0.15, 0.2) is 23.8 Å². The highest BCUT2D eigenvalue weighted by molar-refractivity contribution is 5.68. The number of carbonyl (C=O) groups excluding carboxylic acids is 1. The van der Waals surface area contributed by atoms with Crippen molar-refractivity contribution in [1.29, 1.82) is 0 Å². The first-order valence-electron chi connectivity index (χ1n) is 5.55. The van der Waals surface area contributed by atoms with E-state index in [1.807, 2.05) is 12.2 Å². The Kier molecular flexibility index (Phi) is 7.69. The lowest BCUT2D eigenvalue weighted by atomic mass is 10.1. The summed E-state index contributed by atoms with van der Waals surface area (Å²) in [5.74, 6) is 0.537. The van der Waals surface area contributed by atoms with Crippen LogP contribution >= 0.6 is 0 Å². The fraction of sp³-hybridized carbons (Fsp3) is 0.615. The van der Waals surface area contributed by atoms with Crippen LogP contribution in [0.3, 0.4) is 0 Å². The zero-order valence-corrected chi connectivity index (χ0v) is 10.2. The SMILES string of the molecule is CCC(=O)OC/C=C/C(C)=C/CC(C)C. The summed E-state index contributed by atoms with van der Waals surface area (Å²) in [6.45, 7) is 8.60. The van der Waals surface area contributed by atoms with Crippen molar-refractivity contribution in [2.75, 3.05) is 6.61 Å². The van der Waals surface area contributed by atoms with Crippen molar-refractivity contribution >= 4 is 5.97 Å². The van der Waals surface area contributed by atoms with Crippen LogP contribution in [-0.4, -0.2) is 12.6 Å². The standard InChI is InChI=1S/C13H22O2/c1-5-13(14)15-10-6-7-12(4)9-8-11(2)3/h6-7,9,11H,5,8,10H2,1-4H3/b7-6+,12-9+. The van der Waals surface area contributed by atoms with Gasteiger partial charge >= 0.3 is 5.97 Å². The van der Waals surface area contributed by atoms with Crippen LogP contribution in [0.1, 0.15) is 40.5 Å². The lowest BCUT2D eigenvalue weighted by molar-refractivity contribution is -0.141. The molecule has 0 aliphatic carbocycles. The second-order valence-corrected chi connectivity index (χ2v) is 4.02. The van der Waals surface area contributed by atoms with Crippen LogP contribution in [0.4, 0.5) is 0 Å². The molecule has 0 fully saturated rings. The van der Waals surface area contributed by atoms with E-state index >= 15 is 0 Å². The van der Waals surface area contributed by atoms with E-state index in [2.05, 4.69) is 26.8 Å². The second kappa shape index (κ2) is 8.27. The van der Waals surface area contributed by atoms with Gasteiger partial charge in [-0.1, -0.05) is 38.5 Å². The molecule has 0 aromatic rings. The van der Waals surface area contributed by atoms with Crippen LogP contribution in [0, 0.1) is 5.92 Å². The molecule has 2 heteroatoms. The fourth-order valence-electron chi connectivity index (χ4n) is 0.967. The van der Waals surface area contributed by atoms with Crippen molar-refractivity contribution in [2.45, 2.75) is 40.5 Å². The van der Waals surface area contributed by atoms with Crippen molar-refractivity contribution in [3.63, 3.8) is 0 Å². The Labute approximate surface area is 93.0 Å². The predicted octanol–water partition coefficient (Wildman–Crippen LogP) is 3.49. The highest BCUT2D eigenvalue weighted by Crippen LogP contribution is 2.04. The second-order valence-electron chi connectivity index (χ2n) is 4.02. The lowest BCUT2D eigenvalue weighted by Crippen LogP contribution is -2.01. The Balaban J connectivity index is 3.76. The zero-order valence-electron chi connectivity index (χ0n) is 10.2. The van der Waals surface area contributed by atoms with Crippen LogP contribution < -0.4 is 0 Å². The van der Waals surface area contributed by atoms with E-state index in [9.17, 15) is 4.79 Å². The van der Waals surface area contributed by atoms with E-state index < -0.39 is 0 Å². The van der Waals surface area contributed by atoms with Crippen LogP contribution in [0.2, 0.25) is 0 Å². The topological polar surface area (TPSA) is 26.3 Å². The normalized spacial score (nSPS) is 12.5. The fourth-order valence-corrected chi connectivity index (χ4v) is 0.967. The third kappa shape index (κ3) is 9.26. The van der Waals surface area contributed by atoms with Crippen LogP contribution in [0.25, 0.3) is 0 Å². The van der Waals surface area contributed by atoms with Gasteiger partial charge in [0.05, 0.1) is 0 Å². The third-order valence-electron chi connectivity index (χ3n) is 1.92. The van der Waals surface area contributed by atoms with Crippen molar-refractivity contribution in [3.8, 4) is 0 Å². The first-order valence-corrected chi connectivity index (χ1v) is 5.55. The van der Waals surface area contributed by atoms with Gasteiger partial charge in [0, 0.05) is 6.42 Å². The van der Waals surface area contributed by atoms with Crippen molar-refractivity contribution in [3.05, 3.63) is 23.8 Å². The number of carbonyl (C=O) groups is 1. The van der Waals surface area contributed by atoms with Gasteiger partial charge in [0.1, 0.15) is 6.61 Å². The van der Waals surface area contributed by atoms with E-state index in [-0.39, 0.29) is 5.97 Å². The number of hydrogen-bond donors (Lipinski definition) is 0. The van der Waals surface area contributed by atoms with Gasteiger partial charge in [0.25, 0.3) is 0 Å². The number of ether oxygens (including phenoxy) is 1. The summed E-state index contributed by atoms with van der Waals surface area (Å²) in [5.41, 5.74) is 1.22. The van der Waals surface area contributed by atoms with Gasteiger partial charge in [-0.05, 0) is 25.3 Å². The van der Waals surface area contributed by atoms with Gasteiger partial charge in [-0.25, -0.2) is 0 Å². The van der Waals surface area contributed by atoms with Gasteiger partial charge < -0.3 is 4.74 Å². The molecule has 0 aliphatic rings. The molecule has 0 atom stereocenters. The molecule has 0 rings (SSSR count). The molecule has 0 saturated carbocycles. The highest BCUT2D eigenvalue weighted by atomic mass is 16.5. The Morgan fingerprint density at radius 2 is 2.07 bits per heavy atom. The summed E-state index contributed by atoms with van der Waals surface area (Å²) in [6.07, 6.45) is 7.59. The van der Waals surface area contributed by atoms with Crippen molar-refractivity contribution in [1.82, 2.24) is 0 Å². The van der Waals surface area contributed by atoms with Gasteiger partial charge in [0.15, 0.2) is 0 Å². The molecule has 0 heterocycles. The van der Waals surface area contributed by atoms with E-state index in [4.69, 9.17) is 4.74 Å². The molecule has 0 amide bonds. The number of allylic oxidation sites excluding steroid dienone is 3. The summed E-state index contributed by atoms with van der Waals surface area (Å²) in [6, 6.07) is 0. The molecule has 0 aromatic heterocycles. The zero-order chi connectivity index (χ0) is 11.7. The first-order chi connectivity index (χ1) is 7.06. The van der Waals surface area contributed by atoms with Gasteiger partial charge in [0.2, 0.25) is 0 Å². The molecule has 0 radical (unpaired) electrons. The summed E-state index contributed by atoms with van der Waals surface area (Å²) in [4.78, 5) is 10.8. The average Bonchev–Trinajstić information content (AvgIpc) is 2.21. The van der Waals surface area contributed by atoms with Gasteiger partial charge in [-0.3, -0.25) is 4.79 Å². The number of esters is 1. The maximum Gasteiger partial charge on any atom is 0.305 e. The quantitative estimate of drug-likeness (QED) is 0.495. The Morgan fingerprint density at radius 3 is 2.60 bits per heavy atom. The molecule has 0 aromatic carbocycles. The van der Waals surface area contributed by atoms with E-state index in [1.165, 1.54) is 5.57 Å². The average molecular weight is 210 g/mol. The predicted molar refractivity (Wildman–Crippen MR) is 63.6 cm³/mol. The molecule has 0 bridgehead atoms. The maximum absolute atomic E-state index is 10.8. The lowest BCUT2D eigenvalue weighted by Gasteiger charge is -1.99. The molecule has 0 spiro atoms. The number of hydrogen-bond acceptors (Lipinski definition) is 2. The molecular weight excluding hydrogens is 188 g/mol. The smallest absolute Gasteiger partial charge is 0.305 e. The molecule has 2 nitrogen and oxygen atoms in total. The highest BCUT2D eigenvalue weighted by Gasteiger charge is 1.94. The van der Waals surface area contributed by atoms with Crippen LogP contribution in [0.5, 0.6) is 0 Å². The summed E-state index contributed by atoms with van der Waals surface area (Å²) in [5, 5.41) is 0. The van der Waals surface area contributed by atoms with E-state index in [1.54, 1.807) is 6.92 Å². The molecule has 86 valence electrons. The first kappa shape index (κ1) is 13.9. The van der Waals surface area contributed by atoms with E-state index in [0.29, 0.717) is 18.9 Å². The van der Waals surface area contributed by atoms with E-state index in [0.717, 1.165) is 6.42 Å². The third-order valence-corrected chi connectivity index (χ3v) is 1.92. The largest absolute Gasteiger partial charge is 0.461 e. The molecule has 0 aliphatic heterocycles.